The minimum atomic E-state index is -0.333. The van der Waals surface area contributed by atoms with E-state index in [-0.39, 0.29) is 12.2 Å². The van der Waals surface area contributed by atoms with Crippen molar-refractivity contribution >= 4 is 0 Å². The van der Waals surface area contributed by atoms with E-state index >= 15 is 0 Å². The molecule has 1 fully saturated rings. The van der Waals surface area contributed by atoms with Gasteiger partial charge in [-0.25, -0.2) is 0 Å². The molecular weight excluding hydrogens is 188 g/mol. The Bertz CT molecular complexity index is 357. The molecule has 2 nitrogen and oxygen atoms in total. The first-order valence-electron chi connectivity index (χ1n) is 5.78. The van der Waals surface area contributed by atoms with Crippen molar-refractivity contribution < 1.29 is 9.84 Å². The second kappa shape index (κ2) is 3.53. The lowest BCUT2D eigenvalue weighted by molar-refractivity contribution is 0.0106. The van der Waals surface area contributed by atoms with Crippen LogP contribution in [-0.4, -0.2) is 11.2 Å². The highest BCUT2D eigenvalue weighted by atomic mass is 16.5. The Morgan fingerprint density at radius 3 is 2.73 bits per heavy atom. The molecular formula is C13H16O2. The maximum absolute atomic E-state index is 10.0. The van der Waals surface area contributed by atoms with E-state index in [1.54, 1.807) is 0 Å². The standard InChI is InChI=1S/C13H16O2/c14-11-8-13(9-4-3-5-9)15-12-7-2-1-6-10(11)12/h1-2,6-7,9,11,13-14H,3-5,8H2/t11-,13?/m1/s1. The third-order valence-corrected chi connectivity index (χ3v) is 3.69. The molecule has 1 heterocycles. The minimum absolute atomic E-state index is 0.239. The highest BCUT2D eigenvalue weighted by Crippen LogP contribution is 2.41. The van der Waals surface area contributed by atoms with E-state index in [1.165, 1.54) is 19.3 Å². The number of aliphatic hydroxyl groups excluding tert-OH is 1. The smallest absolute Gasteiger partial charge is 0.125 e. The molecule has 1 saturated carbocycles. The molecule has 2 atom stereocenters. The number of benzene rings is 1. The first-order chi connectivity index (χ1) is 7.34. The second-order valence-electron chi connectivity index (χ2n) is 4.64. The molecule has 0 spiro atoms. The molecule has 0 radical (unpaired) electrons. The van der Waals surface area contributed by atoms with E-state index in [9.17, 15) is 5.11 Å². The average Bonchev–Trinajstić information content (AvgIpc) is 2.15. The average molecular weight is 204 g/mol. The highest BCUT2D eigenvalue weighted by Gasteiger charge is 2.34. The monoisotopic (exact) mass is 204 g/mol. The van der Waals surface area contributed by atoms with E-state index < -0.39 is 0 Å². The number of ether oxygens (including phenoxy) is 1. The van der Waals surface area contributed by atoms with Crippen molar-refractivity contribution in [1.82, 2.24) is 0 Å². The van der Waals surface area contributed by atoms with E-state index in [0.29, 0.717) is 5.92 Å². The molecule has 1 aromatic rings. The summed E-state index contributed by atoms with van der Waals surface area (Å²) in [5.41, 5.74) is 0.952. The van der Waals surface area contributed by atoms with Crippen molar-refractivity contribution in [3.63, 3.8) is 0 Å². The molecule has 0 bridgehead atoms. The molecule has 1 N–H and O–H groups in total. The van der Waals surface area contributed by atoms with Crippen LogP contribution in [0, 0.1) is 5.92 Å². The summed E-state index contributed by atoms with van der Waals surface area (Å²) in [6.45, 7) is 0. The van der Waals surface area contributed by atoms with Gasteiger partial charge in [-0.15, -0.1) is 0 Å². The topological polar surface area (TPSA) is 29.5 Å². The molecule has 2 aliphatic rings. The van der Waals surface area contributed by atoms with Gasteiger partial charge in [0.05, 0.1) is 6.10 Å². The van der Waals surface area contributed by atoms with Gasteiger partial charge in [0.1, 0.15) is 11.9 Å². The maximum atomic E-state index is 10.0. The van der Waals surface area contributed by atoms with Crippen LogP contribution in [-0.2, 0) is 0 Å². The molecule has 3 rings (SSSR count). The van der Waals surface area contributed by atoms with Crippen LogP contribution in [0.4, 0.5) is 0 Å². The van der Waals surface area contributed by atoms with Crippen molar-refractivity contribution in [2.75, 3.05) is 0 Å². The Hall–Kier alpha value is -1.02. The first kappa shape index (κ1) is 9.22. The number of aliphatic hydroxyl groups is 1. The van der Waals surface area contributed by atoms with Gasteiger partial charge < -0.3 is 9.84 Å². The Morgan fingerprint density at radius 1 is 1.20 bits per heavy atom. The lowest BCUT2D eigenvalue weighted by atomic mass is 9.78. The van der Waals surface area contributed by atoms with E-state index in [4.69, 9.17) is 4.74 Å². The quantitative estimate of drug-likeness (QED) is 0.762. The second-order valence-corrected chi connectivity index (χ2v) is 4.64. The molecule has 1 aromatic carbocycles. The van der Waals surface area contributed by atoms with Crippen LogP contribution in [0.3, 0.4) is 0 Å². The largest absolute Gasteiger partial charge is 0.490 e. The summed E-state index contributed by atoms with van der Waals surface area (Å²) < 4.78 is 5.95. The predicted molar refractivity (Wildman–Crippen MR) is 57.8 cm³/mol. The van der Waals surface area contributed by atoms with Gasteiger partial charge in [0.2, 0.25) is 0 Å². The number of hydrogen-bond acceptors (Lipinski definition) is 2. The van der Waals surface area contributed by atoms with Crippen molar-refractivity contribution in [3.8, 4) is 5.75 Å². The van der Waals surface area contributed by atoms with Crippen molar-refractivity contribution in [2.24, 2.45) is 5.92 Å². The lowest BCUT2D eigenvalue weighted by Gasteiger charge is -2.38. The van der Waals surface area contributed by atoms with Crippen molar-refractivity contribution in [1.29, 1.82) is 0 Å². The van der Waals surface area contributed by atoms with E-state index in [1.807, 2.05) is 24.3 Å². The maximum Gasteiger partial charge on any atom is 0.125 e. The highest BCUT2D eigenvalue weighted by molar-refractivity contribution is 5.37. The number of para-hydroxylation sites is 1. The van der Waals surface area contributed by atoms with Gasteiger partial charge in [-0.2, -0.15) is 0 Å². The summed E-state index contributed by atoms with van der Waals surface area (Å²) in [4.78, 5) is 0. The number of rotatable bonds is 1. The summed E-state index contributed by atoms with van der Waals surface area (Å²) in [7, 11) is 0. The van der Waals surface area contributed by atoms with Gasteiger partial charge in [0.15, 0.2) is 0 Å². The van der Waals surface area contributed by atoms with Crippen LogP contribution < -0.4 is 4.74 Å². The lowest BCUT2D eigenvalue weighted by Crippen LogP contribution is -2.36. The van der Waals surface area contributed by atoms with Gasteiger partial charge in [0, 0.05) is 12.0 Å². The van der Waals surface area contributed by atoms with Crippen molar-refractivity contribution in [3.05, 3.63) is 29.8 Å². The normalized spacial score (nSPS) is 30.2. The zero-order chi connectivity index (χ0) is 10.3. The molecule has 1 unspecified atom stereocenters. The SMILES string of the molecule is O[C@@H]1CC(C2CCC2)Oc2ccccc21. The number of fused-ring (bicyclic) bond motifs is 1. The Kier molecular flexibility index (Phi) is 2.17. The number of hydrogen-bond donors (Lipinski definition) is 1. The third kappa shape index (κ3) is 1.53. The summed E-state index contributed by atoms with van der Waals surface area (Å²) in [5, 5.41) is 10.0. The van der Waals surface area contributed by atoms with Gasteiger partial charge in [0.25, 0.3) is 0 Å². The van der Waals surface area contributed by atoms with Crippen LogP contribution in [0.2, 0.25) is 0 Å². The fourth-order valence-electron chi connectivity index (χ4n) is 2.52. The van der Waals surface area contributed by atoms with Gasteiger partial charge >= 0.3 is 0 Å². The van der Waals surface area contributed by atoms with Gasteiger partial charge in [-0.05, 0) is 24.8 Å². The van der Waals surface area contributed by atoms with Crippen LogP contribution in [0.15, 0.2) is 24.3 Å². The summed E-state index contributed by atoms with van der Waals surface area (Å²) >= 11 is 0. The van der Waals surface area contributed by atoms with Crippen LogP contribution in [0.1, 0.15) is 37.4 Å². The van der Waals surface area contributed by atoms with Gasteiger partial charge in [-0.1, -0.05) is 24.6 Å². The molecule has 80 valence electrons. The Balaban J connectivity index is 1.85. The van der Waals surface area contributed by atoms with Crippen molar-refractivity contribution in [2.45, 2.75) is 37.9 Å². The third-order valence-electron chi connectivity index (χ3n) is 3.69. The Morgan fingerprint density at radius 2 is 2.00 bits per heavy atom. The summed E-state index contributed by atoms with van der Waals surface area (Å²) in [6.07, 6.45) is 4.52. The van der Waals surface area contributed by atoms with E-state index in [0.717, 1.165) is 17.7 Å². The zero-order valence-corrected chi connectivity index (χ0v) is 8.73. The fourth-order valence-corrected chi connectivity index (χ4v) is 2.52. The Labute approximate surface area is 89.9 Å². The summed E-state index contributed by atoms with van der Waals surface area (Å²) in [6, 6.07) is 7.84. The van der Waals surface area contributed by atoms with Crippen LogP contribution in [0.25, 0.3) is 0 Å². The van der Waals surface area contributed by atoms with E-state index in [2.05, 4.69) is 0 Å². The molecule has 0 aromatic heterocycles. The molecule has 1 aliphatic carbocycles. The molecule has 1 aliphatic heterocycles. The van der Waals surface area contributed by atoms with Gasteiger partial charge in [-0.3, -0.25) is 0 Å². The van der Waals surface area contributed by atoms with Crippen LogP contribution in [0.5, 0.6) is 5.75 Å². The molecule has 0 amide bonds. The predicted octanol–water partition coefficient (Wildman–Crippen LogP) is 2.67. The summed E-state index contributed by atoms with van der Waals surface area (Å²) in [5.74, 6) is 1.56. The fraction of sp³-hybridized carbons (Fsp3) is 0.538. The zero-order valence-electron chi connectivity index (χ0n) is 8.73. The minimum Gasteiger partial charge on any atom is -0.490 e. The first-order valence-corrected chi connectivity index (χ1v) is 5.78. The molecule has 2 heteroatoms. The van der Waals surface area contributed by atoms with Crippen LogP contribution >= 0.6 is 0 Å². The molecule has 15 heavy (non-hydrogen) atoms. The molecule has 0 saturated heterocycles.